The highest BCUT2D eigenvalue weighted by Crippen LogP contribution is 2.54. The highest BCUT2D eigenvalue weighted by molar-refractivity contribution is 5.46. The van der Waals surface area contributed by atoms with Gasteiger partial charge in [-0.1, -0.05) is 12.5 Å². The van der Waals surface area contributed by atoms with E-state index < -0.39 is 0 Å². The molecule has 2 aliphatic rings. The third-order valence-corrected chi connectivity index (χ3v) is 5.15. The number of aromatic hydroxyl groups is 2. The molecule has 2 aromatic rings. The summed E-state index contributed by atoms with van der Waals surface area (Å²) in [7, 11) is 0. The van der Waals surface area contributed by atoms with Crippen LogP contribution in [0, 0.1) is 12.8 Å². The zero-order valence-corrected chi connectivity index (χ0v) is 12.6. The highest BCUT2D eigenvalue weighted by atomic mass is 16.5. The second-order valence-electron chi connectivity index (χ2n) is 6.51. The molecule has 3 unspecified atom stereocenters. The largest absolute Gasteiger partial charge is 0.508 e. The Morgan fingerprint density at radius 2 is 1.91 bits per heavy atom. The molecule has 0 bridgehead atoms. The average molecular weight is 296 g/mol. The first kappa shape index (κ1) is 13.5. The summed E-state index contributed by atoms with van der Waals surface area (Å²) < 4.78 is 6.29. The number of hydrogen-bond acceptors (Lipinski definition) is 3. The van der Waals surface area contributed by atoms with Crippen LogP contribution in [0.4, 0.5) is 0 Å². The summed E-state index contributed by atoms with van der Waals surface area (Å²) in [6.07, 6.45) is 3.52. The third-order valence-electron chi connectivity index (χ3n) is 5.15. The lowest BCUT2D eigenvalue weighted by Gasteiger charge is -2.36. The number of ether oxygens (including phenoxy) is 1. The van der Waals surface area contributed by atoms with Gasteiger partial charge >= 0.3 is 0 Å². The van der Waals surface area contributed by atoms with E-state index in [2.05, 4.69) is 0 Å². The summed E-state index contributed by atoms with van der Waals surface area (Å²) in [6, 6.07) is 11.2. The molecule has 4 rings (SSSR count). The summed E-state index contributed by atoms with van der Waals surface area (Å²) in [5.74, 6) is 2.42. The van der Waals surface area contributed by atoms with Gasteiger partial charge in [-0.15, -0.1) is 0 Å². The molecule has 0 amide bonds. The Morgan fingerprint density at radius 3 is 2.73 bits per heavy atom. The maximum atomic E-state index is 9.77. The van der Waals surface area contributed by atoms with Crippen LogP contribution in [0.2, 0.25) is 0 Å². The second kappa shape index (κ2) is 4.94. The van der Waals surface area contributed by atoms with Gasteiger partial charge in [0.25, 0.3) is 0 Å². The van der Waals surface area contributed by atoms with Gasteiger partial charge in [-0.25, -0.2) is 0 Å². The summed E-state index contributed by atoms with van der Waals surface area (Å²) in [5.41, 5.74) is 3.16. The van der Waals surface area contributed by atoms with Crippen LogP contribution in [0.25, 0.3) is 0 Å². The zero-order chi connectivity index (χ0) is 15.3. The van der Waals surface area contributed by atoms with Crippen molar-refractivity contribution in [3.8, 4) is 17.2 Å². The lowest BCUT2D eigenvalue weighted by atomic mass is 9.80. The Hall–Kier alpha value is -2.16. The Labute approximate surface area is 130 Å². The first-order valence-corrected chi connectivity index (χ1v) is 7.92. The molecular weight excluding hydrogens is 276 g/mol. The van der Waals surface area contributed by atoms with E-state index in [-0.39, 0.29) is 6.10 Å². The van der Waals surface area contributed by atoms with Crippen molar-refractivity contribution in [1.29, 1.82) is 0 Å². The van der Waals surface area contributed by atoms with Crippen molar-refractivity contribution in [2.75, 3.05) is 0 Å². The van der Waals surface area contributed by atoms with Gasteiger partial charge in [0.1, 0.15) is 23.4 Å². The van der Waals surface area contributed by atoms with Gasteiger partial charge in [0.2, 0.25) is 0 Å². The molecule has 0 aromatic heterocycles. The zero-order valence-electron chi connectivity index (χ0n) is 12.6. The van der Waals surface area contributed by atoms with E-state index in [4.69, 9.17) is 4.74 Å². The van der Waals surface area contributed by atoms with Crippen LogP contribution in [0.15, 0.2) is 36.4 Å². The summed E-state index contributed by atoms with van der Waals surface area (Å²) in [4.78, 5) is 0. The molecule has 0 radical (unpaired) electrons. The van der Waals surface area contributed by atoms with Gasteiger partial charge in [-0.05, 0) is 67.1 Å². The molecule has 2 N–H and O–H groups in total. The molecule has 2 aromatic carbocycles. The van der Waals surface area contributed by atoms with E-state index in [9.17, 15) is 10.2 Å². The van der Waals surface area contributed by atoms with Gasteiger partial charge in [-0.2, -0.15) is 0 Å². The minimum absolute atomic E-state index is 0.0313. The number of phenolic OH excluding ortho intramolecular Hbond substituents is 2. The smallest absolute Gasteiger partial charge is 0.127 e. The van der Waals surface area contributed by atoms with E-state index in [1.807, 2.05) is 31.2 Å². The van der Waals surface area contributed by atoms with Crippen LogP contribution in [0.1, 0.15) is 48.0 Å². The quantitative estimate of drug-likeness (QED) is 0.818. The van der Waals surface area contributed by atoms with Crippen molar-refractivity contribution < 1.29 is 14.9 Å². The van der Waals surface area contributed by atoms with E-state index in [0.29, 0.717) is 23.3 Å². The molecule has 1 heterocycles. The number of hydrogen-bond donors (Lipinski definition) is 2. The third kappa shape index (κ3) is 2.04. The molecule has 0 spiro atoms. The monoisotopic (exact) mass is 296 g/mol. The van der Waals surface area contributed by atoms with Crippen molar-refractivity contribution in [3.63, 3.8) is 0 Å². The molecule has 0 saturated heterocycles. The standard InChI is InChI=1S/C19H20O3/c1-11-9-12(5-7-17(11)21)19-15-4-2-3-14(15)16-10-13(20)6-8-18(16)22-19/h5-10,14-15,19-21H,2-4H2,1H3. The number of aryl methyl sites for hydroxylation is 1. The molecule has 3 heteroatoms. The van der Waals surface area contributed by atoms with Crippen molar-refractivity contribution in [2.45, 2.75) is 38.2 Å². The fourth-order valence-corrected chi connectivity index (χ4v) is 4.07. The Morgan fingerprint density at radius 1 is 1.05 bits per heavy atom. The van der Waals surface area contributed by atoms with E-state index in [1.165, 1.54) is 6.42 Å². The minimum Gasteiger partial charge on any atom is -0.508 e. The molecule has 3 nitrogen and oxygen atoms in total. The number of fused-ring (bicyclic) bond motifs is 3. The van der Waals surface area contributed by atoms with E-state index >= 15 is 0 Å². The first-order chi connectivity index (χ1) is 10.6. The fraction of sp³-hybridized carbons (Fsp3) is 0.368. The predicted octanol–water partition coefficient (Wildman–Crippen LogP) is 4.42. The van der Waals surface area contributed by atoms with Crippen molar-refractivity contribution in [3.05, 3.63) is 53.1 Å². The average Bonchev–Trinajstić information content (AvgIpc) is 2.99. The molecular formula is C19H20O3. The summed E-state index contributed by atoms with van der Waals surface area (Å²) >= 11 is 0. The minimum atomic E-state index is 0.0313. The van der Waals surface area contributed by atoms with Crippen LogP contribution in [0.5, 0.6) is 17.2 Å². The van der Waals surface area contributed by atoms with Gasteiger partial charge in [0.05, 0.1) is 0 Å². The SMILES string of the molecule is Cc1cc(C2Oc3ccc(O)cc3C3CCCC32)ccc1O. The molecule has 22 heavy (non-hydrogen) atoms. The van der Waals surface area contributed by atoms with Crippen LogP contribution in [-0.4, -0.2) is 10.2 Å². The number of phenols is 2. The first-order valence-electron chi connectivity index (χ1n) is 7.92. The highest BCUT2D eigenvalue weighted by Gasteiger charge is 2.42. The molecule has 1 saturated carbocycles. The Bertz CT molecular complexity index is 723. The van der Waals surface area contributed by atoms with Crippen molar-refractivity contribution in [2.24, 2.45) is 5.92 Å². The molecule has 1 aliphatic carbocycles. The number of rotatable bonds is 1. The number of benzene rings is 2. The maximum Gasteiger partial charge on any atom is 0.127 e. The topological polar surface area (TPSA) is 49.7 Å². The van der Waals surface area contributed by atoms with Crippen LogP contribution in [0.3, 0.4) is 0 Å². The Balaban J connectivity index is 1.78. The molecule has 1 fully saturated rings. The fourth-order valence-electron chi connectivity index (χ4n) is 4.07. The van der Waals surface area contributed by atoms with Gasteiger partial charge in [0.15, 0.2) is 0 Å². The van der Waals surface area contributed by atoms with Gasteiger partial charge in [0, 0.05) is 11.5 Å². The molecule has 1 aliphatic heterocycles. The van der Waals surface area contributed by atoms with Crippen LogP contribution in [-0.2, 0) is 0 Å². The van der Waals surface area contributed by atoms with E-state index in [0.717, 1.165) is 35.3 Å². The second-order valence-corrected chi connectivity index (χ2v) is 6.51. The molecule has 3 atom stereocenters. The van der Waals surface area contributed by atoms with Crippen molar-refractivity contribution in [1.82, 2.24) is 0 Å². The predicted molar refractivity (Wildman–Crippen MR) is 84.4 cm³/mol. The van der Waals surface area contributed by atoms with E-state index in [1.54, 1.807) is 12.1 Å². The van der Waals surface area contributed by atoms with Crippen LogP contribution >= 0.6 is 0 Å². The van der Waals surface area contributed by atoms with Gasteiger partial charge < -0.3 is 14.9 Å². The van der Waals surface area contributed by atoms with Crippen molar-refractivity contribution >= 4 is 0 Å². The lowest BCUT2D eigenvalue weighted by Crippen LogP contribution is -2.26. The Kier molecular flexibility index (Phi) is 3.03. The van der Waals surface area contributed by atoms with Gasteiger partial charge in [-0.3, -0.25) is 0 Å². The van der Waals surface area contributed by atoms with Crippen LogP contribution < -0.4 is 4.74 Å². The summed E-state index contributed by atoms with van der Waals surface area (Å²) in [6.45, 7) is 1.92. The lowest BCUT2D eigenvalue weighted by molar-refractivity contribution is 0.104. The maximum absolute atomic E-state index is 9.77. The normalized spacial score (nSPS) is 26.1. The molecule has 114 valence electrons. The summed E-state index contributed by atoms with van der Waals surface area (Å²) in [5, 5.41) is 19.5.